The molecule has 0 fully saturated rings. The molecule has 0 aliphatic carbocycles. The first-order valence-corrected chi connectivity index (χ1v) is 5.94. The van der Waals surface area contributed by atoms with Crippen molar-refractivity contribution < 1.29 is 19.5 Å². The summed E-state index contributed by atoms with van der Waals surface area (Å²) in [5.74, 6) is -2.85. The molecular formula is C13H14N2O4. The molecule has 3 N–H and O–H groups in total. The SMILES string of the molecule is CC(C(=O)O)C(=O)Nc1ccc2c(c1)CCC(=O)N2. The number of anilines is 2. The lowest BCUT2D eigenvalue weighted by molar-refractivity contribution is -0.144. The van der Waals surface area contributed by atoms with Gasteiger partial charge in [-0.1, -0.05) is 0 Å². The van der Waals surface area contributed by atoms with Crippen LogP contribution in [-0.2, 0) is 20.8 Å². The Morgan fingerprint density at radius 1 is 1.37 bits per heavy atom. The molecule has 0 saturated heterocycles. The lowest BCUT2D eigenvalue weighted by Crippen LogP contribution is -2.27. The highest BCUT2D eigenvalue weighted by Gasteiger charge is 2.21. The van der Waals surface area contributed by atoms with Crippen molar-refractivity contribution in [3.05, 3.63) is 23.8 Å². The summed E-state index contributed by atoms with van der Waals surface area (Å²) in [6.07, 6.45) is 1.02. The maximum absolute atomic E-state index is 11.6. The summed E-state index contributed by atoms with van der Waals surface area (Å²) in [6.45, 7) is 1.33. The van der Waals surface area contributed by atoms with Crippen LogP contribution < -0.4 is 10.6 Å². The molecule has 0 saturated carbocycles. The molecule has 100 valence electrons. The van der Waals surface area contributed by atoms with Gasteiger partial charge in [-0.05, 0) is 37.1 Å². The molecule has 1 aliphatic heterocycles. The summed E-state index contributed by atoms with van der Waals surface area (Å²) in [7, 11) is 0. The van der Waals surface area contributed by atoms with Gasteiger partial charge >= 0.3 is 5.97 Å². The molecule has 0 radical (unpaired) electrons. The molecule has 6 heteroatoms. The number of hydrogen-bond donors (Lipinski definition) is 3. The Balaban J connectivity index is 2.13. The second-order valence-corrected chi connectivity index (χ2v) is 4.47. The van der Waals surface area contributed by atoms with Crippen LogP contribution in [0, 0.1) is 5.92 Å². The van der Waals surface area contributed by atoms with Gasteiger partial charge in [0.1, 0.15) is 5.92 Å². The molecule has 1 aromatic rings. The average Bonchev–Trinajstić information content (AvgIpc) is 2.37. The van der Waals surface area contributed by atoms with Crippen LogP contribution in [0.1, 0.15) is 18.9 Å². The van der Waals surface area contributed by atoms with E-state index in [0.717, 1.165) is 11.3 Å². The van der Waals surface area contributed by atoms with E-state index >= 15 is 0 Å². The zero-order chi connectivity index (χ0) is 14.0. The Kier molecular flexibility index (Phi) is 3.50. The Morgan fingerprint density at radius 2 is 2.11 bits per heavy atom. The Labute approximate surface area is 109 Å². The molecule has 1 heterocycles. The predicted octanol–water partition coefficient (Wildman–Crippen LogP) is 1.23. The zero-order valence-electron chi connectivity index (χ0n) is 10.4. The molecule has 1 aromatic carbocycles. The number of nitrogens with one attached hydrogen (secondary N) is 2. The number of carbonyl (C=O) groups is 3. The van der Waals surface area contributed by atoms with E-state index in [2.05, 4.69) is 10.6 Å². The van der Waals surface area contributed by atoms with Gasteiger partial charge in [0.2, 0.25) is 11.8 Å². The van der Waals surface area contributed by atoms with E-state index in [1.165, 1.54) is 6.92 Å². The van der Waals surface area contributed by atoms with Crippen LogP contribution in [0.2, 0.25) is 0 Å². The number of rotatable bonds is 3. The minimum Gasteiger partial charge on any atom is -0.481 e. The number of amides is 2. The summed E-state index contributed by atoms with van der Waals surface area (Å²) in [5.41, 5.74) is 2.20. The molecular weight excluding hydrogens is 248 g/mol. The van der Waals surface area contributed by atoms with E-state index in [1.54, 1.807) is 18.2 Å². The fraction of sp³-hybridized carbons (Fsp3) is 0.308. The lowest BCUT2D eigenvalue weighted by Gasteiger charge is -2.18. The van der Waals surface area contributed by atoms with Crippen LogP contribution in [0.3, 0.4) is 0 Å². The van der Waals surface area contributed by atoms with Crippen molar-refractivity contribution in [2.45, 2.75) is 19.8 Å². The van der Waals surface area contributed by atoms with E-state index in [4.69, 9.17) is 5.11 Å². The Bertz CT molecular complexity index is 554. The maximum Gasteiger partial charge on any atom is 0.315 e. The van der Waals surface area contributed by atoms with Gasteiger partial charge in [0.25, 0.3) is 0 Å². The first-order chi connectivity index (χ1) is 8.97. The van der Waals surface area contributed by atoms with Gasteiger partial charge in [0.15, 0.2) is 0 Å². The van der Waals surface area contributed by atoms with Crippen molar-refractivity contribution in [1.82, 2.24) is 0 Å². The van der Waals surface area contributed by atoms with Gasteiger partial charge in [-0.2, -0.15) is 0 Å². The molecule has 0 bridgehead atoms. The molecule has 0 aromatic heterocycles. The van der Waals surface area contributed by atoms with Crippen molar-refractivity contribution in [2.75, 3.05) is 10.6 Å². The lowest BCUT2D eigenvalue weighted by atomic mass is 10.0. The number of carboxylic acids is 1. The highest BCUT2D eigenvalue weighted by molar-refractivity contribution is 6.04. The van der Waals surface area contributed by atoms with Gasteiger partial charge in [0, 0.05) is 17.8 Å². The van der Waals surface area contributed by atoms with Crippen LogP contribution in [0.5, 0.6) is 0 Å². The standard InChI is InChI=1S/C13H14N2O4/c1-7(13(18)19)12(17)14-9-3-4-10-8(6-9)2-5-11(16)15-10/h3-4,6-7H,2,5H2,1H3,(H,14,17)(H,15,16)(H,18,19). The minimum atomic E-state index is -1.16. The Hall–Kier alpha value is -2.37. The topological polar surface area (TPSA) is 95.5 Å². The number of aryl methyl sites for hydroxylation is 1. The molecule has 1 unspecified atom stereocenters. The van der Waals surface area contributed by atoms with Gasteiger partial charge in [-0.25, -0.2) is 0 Å². The summed E-state index contributed by atoms with van der Waals surface area (Å²) < 4.78 is 0. The number of benzene rings is 1. The number of carbonyl (C=O) groups excluding carboxylic acids is 2. The largest absolute Gasteiger partial charge is 0.481 e. The van der Waals surface area contributed by atoms with Crippen LogP contribution in [0.15, 0.2) is 18.2 Å². The third kappa shape index (κ3) is 2.90. The molecule has 6 nitrogen and oxygen atoms in total. The fourth-order valence-corrected chi connectivity index (χ4v) is 1.82. The smallest absolute Gasteiger partial charge is 0.315 e. The van der Waals surface area contributed by atoms with Crippen molar-refractivity contribution in [3.8, 4) is 0 Å². The molecule has 1 aliphatic rings. The quantitative estimate of drug-likeness (QED) is 0.714. The van der Waals surface area contributed by atoms with Crippen LogP contribution >= 0.6 is 0 Å². The third-order valence-electron chi connectivity index (χ3n) is 3.03. The van der Waals surface area contributed by atoms with E-state index in [9.17, 15) is 14.4 Å². The highest BCUT2D eigenvalue weighted by Crippen LogP contribution is 2.25. The van der Waals surface area contributed by atoms with Gasteiger partial charge in [-0.15, -0.1) is 0 Å². The van der Waals surface area contributed by atoms with Crippen molar-refractivity contribution >= 4 is 29.2 Å². The number of carboxylic acid groups (broad SMARTS) is 1. The molecule has 0 spiro atoms. The van der Waals surface area contributed by atoms with Crippen LogP contribution in [-0.4, -0.2) is 22.9 Å². The van der Waals surface area contributed by atoms with Crippen molar-refractivity contribution in [2.24, 2.45) is 5.92 Å². The van der Waals surface area contributed by atoms with E-state index in [0.29, 0.717) is 18.5 Å². The highest BCUT2D eigenvalue weighted by atomic mass is 16.4. The number of hydrogen-bond acceptors (Lipinski definition) is 3. The average molecular weight is 262 g/mol. The molecule has 19 heavy (non-hydrogen) atoms. The summed E-state index contributed by atoms with van der Waals surface area (Å²) >= 11 is 0. The van der Waals surface area contributed by atoms with Gasteiger partial charge in [-0.3, -0.25) is 14.4 Å². The number of aliphatic carboxylic acids is 1. The normalized spacial score (nSPS) is 15.1. The first-order valence-electron chi connectivity index (χ1n) is 5.94. The summed E-state index contributed by atoms with van der Waals surface area (Å²) in [5, 5.41) is 14.0. The Morgan fingerprint density at radius 3 is 2.79 bits per heavy atom. The van der Waals surface area contributed by atoms with Gasteiger partial charge < -0.3 is 15.7 Å². The second kappa shape index (κ2) is 5.09. The number of fused-ring (bicyclic) bond motifs is 1. The van der Waals surface area contributed by atoms with E-state index in [1.807, 2.05) is 0 Å². The monoisotopic (exact) mass is 262 g/mol. The van der Waals surface area contributed by atoms with Crippen molar-refractivity contribution in [1.29, 1.82) is 0 Å². The first kappa shape index (κ1) is 13.1. The van der Waals surface area contributed by atoms with E-state index < -0.39 is 17.8 Å². The van der Waals surface area contributed by atoms with Gasteiger partial charge in [0.05, 0.1) is 0 Å². The summed E-state index contributed by atoms with van der Waals surface area (Å²) in [6, 6.07) is 5.09. The zero-order valence-corrected chi connectivity index (χ0v) is 10.4. The predicted molar refractivity (Wildman–Crippen MR) is 68.8 cm³/mol. The summed E-state index contributed by atoms with van der Waals surface area (Å²) in [4.78, 5) is 33.5. The second-order valence-electron chi connectivity index (χ2n) is 4.47. The molecule has 1 atom stereocenters. The van der Waals surface area contributed by atoms with E-state index in [-0.39, 0.29) is 5.91 Å². The minimum absolute atomic E-state index is 0.0243. The molecule has 2 rings (SSSR count). The molecule has 2 amide bonds. The fourth-order valence-electron chi connectivity index (χ4n) is 1.82. The van der Waals surface area contributed by atoms with Crippen LogP contribution in [0.25, 0.3) is 0 Å². The van der Waals surface area contributed by atoms with Crippen LogP contribution in [0.4, 0.5) is 11.4 Å². The van der Waals surface area contributed by atoms with Crippen molar-refractivity contribution in [3.63, 3.8) is 0 Å². The maximum atomic E-state index is 11.6. The third-order valence-corrected chi connectivity index (χ3v) is 3.03.